The van der Waals surface area contributed by atoms with Gasteiger partial charge in [0.1, 0.15) is 0 Å². The van der Waals surface area contributed by atoms with Crippen LogP contribution in [-0.2, 0) is 4.79 Å². The van der Waals surface area contributed by atoms with Gasteiger partial charge < -0.3 is 9.88 Å². The van der Waals surface area contributed by atoms with Gasteiger partial charge in [-0.05, 0) is 63.4 Å². The normalized spacial score (nSPS) is 17.5. The summed E-state index contributed by atoms with van der Waals surface area (Å²) in [5.74, 6) is 0.228. The van der Waals surface area contributed by atoms with Crippen molar-refractivity contribution in [2.24, 2.45) is 5.92 Å². The average Bonchev–Trinajstić information content (AvgIpc) is 2.87. The molecule has 22 heavy (non-hydrogen) atoms. The Kier molecular flexibility index (Phi) is 4.14. The fraction of sp³-hybridized carbons (Fsp3) is 0.316. The van der Waals surface area contributed by atoms with Crippen molar-refractivity contribution in [1.82, 2.24) is 4.57 Å². The lowest BCUT2D eigenvalue weighted by atomic mass is 9.93. The third kappa shape index (κ3) is 2.98. The molecule has 0 radical (unpaired) electrons. The molecular formula is C19H22N2O. The largest absolute Gasteiger partial charge is 0.326 e. The lowest BCUT2D eigenvalue weighted by Gasteiger charge is -2.18. The summed E-state index contributed by atoms with van der Waals surface area (Å²) in [4.78, 5) is 12.3. The maximum Gasteiger partial charge on any atom is 0.227 e. The van der Waals surface area contributed by atoms with Crippen LogP contribution in [0.25, 0.3) is 5.69 Å². The maximum atomic E-state index is 12.3. The molecule has 1 aliphatic rings. The highest BCUT2D eigenvalue weighted by molar-refractivity contribution is 5.93. The second kappa shape index (κ2) is 6.22. The summed E-state index contributed by atoms with van der Waals surface area (Å²) in [6.07, 6.45) is 7.05. The van der Waals surface area contributed by atoms with E-state index in [1.807, 2.05) is 18.2 Å². The SMILES string of the molecule is Cc1ccc(C)n1-c1cccc(NC(=O)[C@H]2CC=CCC2)c1. The molecule has 2 aromatic rings. The Balaban J connectivity index is 1.80. The molecule has 1 amide bonds. The van der Waals surface area contributed by atoms with Crippen LogP contribution in [-0.4, -0.2) is 10.5 Å². The fourth-order valence-electron chi connectivity index (χ4n) is 3.07. The second-order valence-electron chi connectivity index (χ2n) is 5.97. The summed E-state index contributed by atoms with van der Waals surface area (Å²) in [5.41, 5.74) is 4.34. The summed E-state index contributed by atoms with van der Waals surface area (Å²) in [6.45, 7) is 4.18. The first kappa shape index (κ1) is 14.6. The van der Waals surface area contributed by atoms with E-state index < -0.39 is 0 Å². The van der Waals surface area contributed by atoms with Gasteiger partial charge in [-0.1, -0.05) is 18.2 Å². The van der Waals surface area contributed by atoms with Crippen LogP contribution in [0.5, 0.6) is 0 Å². The predicted octanol–water partition coefficient (Wildman–Crippen LogP) is 4.39. The van der Waals surface area contributed by atoms with Crippen LogP contribution in [0.3, 0.4) is 0 Å². The molecule has 114 valence electrons. The first-order valence-electron chi connectivity index (χ1n) is 7.86. The van der Waals surface area contributed by atoms with Gasteiger partial charge in [0.15, 0.2) is 0 Å². The third-order valence-electron chi connectivity index (χ3n) is 4.28. The Morgan fingerprint density at radius 3 is 2.59 bits per heavy atom. The molecule has 1 aromatic carbocycles. The van der Waals surface area contributed by atoms with Gasteiger partial charge in [0.05, 0.1) is 0 Å². The summed E-state index contributed by atoms with van der Waals surface area (Å²) in [7, 11) is 0. The standard InChI is InChI=1S/C19H22N2O/c1-14-11-12-15(2)21(14)18-10-6-9-17(13-18)20-19(22)16-7-4-3-5-8-16/h3-4,6,9-13,16H,5,7-8H2,1-2H3,(H,20,22)/t16-/m0/s1. The number of nitrogens with one attached hydrogen (secondary N) is 1. The second-order valence-corrected chi connectivity index (χ2v) is 5.97. The van der Waals surface area contributed by atoms with Crippen molar-refractivity contribution in [3.05, 3.63) is 59.9 Å². The van der Waals surface area contributed by atoms with Crippen molar-refractivity contribution in [2.45, 2.75) is 33.1 Å². The number of anilines is 1. The molecule has 0 saturated heterocycles. The molecule has 1 atom stereocenters. The zero-order valence-electron chi connectivity index (χ0n) is 13.2. The van der Waals surface area contributed by atoms with Crippen LogP contribution < -0.4 is 5.32 Å². The number of hydrogen-bond acceptors (Lipinski definition) is 1. The smallest absolute Gasteiger partial charge is 0.227 e. The number of amides is 1. The third-order valence-corrected chi connectivity index (χ3v) is 4.28. The molecule has 1 heterocycles. The van der Waals surface area contributed by atoms with Crippen LogP contribution >= 0.6 is 0 Å². The highest BCUT2D eigenvalue weighted by Crippen LogP contribution is 2.23. The van der Waals surface area contributed by atoms with Crippen molar-refractivity contribution in [1.29, 1.82) is 0 Å². The highest BCUT2D eigenvalue weighted by Gasteiger charge is 2.18. The van der Waals surface area contributed by atoms with Gasteiger partial charge in [-0.15, -0.1) is 0 Å². The molecule has 3 heteroatoms. The Labute approximate surface area is 131 Å². The van der Waals surface area contributed by atoms with E-state index in [1.165, 1.54) is 11.4 Å². The number of aromatic nitrogens is 1. The van der Waals surface area contributed by atoms with E-state index in [0.29, 0.717) is 0 Å². The highest BCUT2D eigenvalue weighted by atomic mass is 16.1. The van der Waals surface area contributed by atoms with Gasteiger partial charge in [0, 0.05) is 28.7 Å². The summed E-state index contributed by atoms with van der Waals surface area (Å²) >= 11 is 0. The number of aryl methyl sites for hydroxylation is 2. The van der Waals surface area contributed by atoms with Crippen LogP contribution in [0.2, 0.25) is 0 Å². The zero-order valence-corrected chi connectivity index (χ0v) is 13.2. The quantitative estimate of drug-likeness (QED) is 0.837. The van der Waals surface area contributed by atoms with E-state index in [1.54, 1.807) is 0 Å². The molecular weight excluding hydrogens is 272 g/mol. The van der Waals surface area contributed by atoms with Gasteiger partial charge in [0.25, 0.3) is 0 Å². The molecule has 0 saturated carbocycles. The zero-order chi connectivity index (χ0) is 15.5. The van der Waals surface area contributed by atoms with Crippen molar-refractivity contribution in [2.75, 3.05) is 5.32 Å². The molecule has 0 spiro atoms. The molecule has 3 nitrogen and oxygen atoms in total. The predicted molar refractivity (Wildman–Crippen MR) is 90.4 cm³/mol. The van der Waals surface area contributed by atoms with E-state index in [-0.39, 0.29) is 11.8 Å². The van der Waals surface area contributed by atoms with Crippen LogP contribution in [0, 0.1) is 19.8 Å². The maximum absolute atomic E-state index is 12.3. The van der Waals surface area contributed by atoms with Crippen molar-refractivity contribution >= 4 is 11.6 Å². The molecule has 1 aliphatic carbocycles. The molecule has 0 bridgehead atoms. The molecule has 3 rings (SSSR count). The minimum absolute atomic E-state index is 0.101. The van der Waals surface area contributed by atoms with E-state index in [0.717, 1.165) is 30.6 Å². The van der Waals surface area contributed by atoms with Gasteiger partial charge in [0.2, 0.25) is 5.91 Å². The van der Waals surface area contributed by atoms with E-state index in [2.05, 4.69) is 54.1 Å². The van der Waals surface area contributed by atoms with Crippen LogP contribution in [0.15, 0.2) is 48.6 Å². The lowest BCUT2D eigenvalue weighted by molar-refractivity contribution is -0.120. The first-order valence-corrected chi connectivity index (χ1v) is 7.86. The first-order chi connectivity index (χ1) is 10.6. The summed E-state index contributed by atoms with van der Waals surface area (Å²) in [6, 6.07) is 12.3. The van der Waals surface area contributed by atoms with Crippen LogP contribution in [0.4, 0.5) is 5.69 Å². The number of nitrogens with zero attached hydrogens (tertiary/aromatic N) is 1. The molecule has 0 fully saturated rings. The Morgan fingerprint density at radius 2 is 1.91 bits per heavy atom. The van der Waals surface area contributed by atoms with Crippen LogP contribution in [0.1, 0.15) is 30.7 Å². The molecule has 0 unspecified atom stereocenters. The lowest BCUT2D eigenvalue weighted by Crippen LogP contribution is -2.23. The van der Waals surface area contributed by atoms with Crippen molar-refractivity contribution in [3.63, 3.8) is 0 Å². The number of carbonyl (C=O) groups excluding carboxylic acids is 1. The minimum atomic E-state index is 0.101. The van der Waals surface area contributed by atoms with Crippen molar-refractivity contribution in [3.8, 4) is 5.69 Å². The van der Waals surface area contributed by atoms with Crippen molar-refractivity contribution < 1.29 is 4.79 Å². The Morgan fingerprint density at radius 1 is 1.14 bits per heavy atom. The topological polar surface area (TPSA) is 34.0 Å². The van der Waals surface area contributed by atoms with Gasteiger partial charge in [-0.2, -0.15) is 0 Å². The summed E-state index contributed by atoms with van der Waals surface area (Å²) in [5, 5.41) is 3.07. The molecule has 1 aromatic heterocycles. The van der Waals surface area contributed by atoms with E-state index in [4.69, 9.17) is 0 Å². The van der Waals surface area contributed by atoms with Gasteiger partial charge in [-0.3, -0.25) is 4.79 Å². The monoisotopic (exact) mass is 294 g/mol. The Bertz CT molecular complexity index is 692. The minimum Gasteiger partial charge on any atom is -0.326 e. The molecule has 0 aliphatic heterocycles. The average molecular weight is 294 g/mol. The number of hydrogen-bond donors (Lipinski definition) is 1. The number of allylic oxidation sites excluding steroid dienone is 2. The van der Waals surface area contributed by atoms with Gasteiger partial charge in [-0.25, -0.2) is 0 Å². The van der Waals surface area contributed by atoms with E-state index in [9.17, 15) is 4.79 Å². The number of rotatable bonds is 3. The Hall–Kier alpha value is -2.29. The fourth-order valence-corrected chi connectivity index (χ4v) is 3.07. The number of benzene rings is 1. The molecule has 1 N–H and O–H groups in total. The van der Waals surface area contributed by atoms with Gasteiger partial charge >= 0.3 is 0 Å². The van der Waals surface area contributed by atoms with E-state index >= 15 is 0 Å². The number of carbonyl (C=O) groups is 1. The summed E-state index contributed by atoms with van der Waals surface area (Å²) < 4.78 is 2.19.